The molecule has 0 aromatic carbocycles. The molecule has 1 saturated heterocycles. The molecular formula is C10H18N4O2S. The van der Waals surface area contributed by atoms with Crippen LogP contribution in [0.15, 0.2) is 18.5 Å². The largest absolute Gasteiger partial charge is 0.315 e. The van der Waals surface area contributed by atoms with E-state index < -0.39 is 10.0 Å². The normalized spacial score (nSPS) is 22.8. The maximum absolute atomic E-state index is 12.0. The second-order valence-electron chi connectivity index (χ2n) is 4.41. The molecule has 96 valence electrons. The van der Waals surface area contributed by atoms with Crippen LogP contribution in [0.2, 0.25) is 0 Å². The Morgan fingerprint density at radius 3 is 3.06 bits per heavy atom. The van der Waals surface area contributed by atoms with Gasteiger partial charge in [-0.1, -0.05) is 0 Å². The van der Waals surface area contributed by atoms with E-state index in [-0.39, 0.29) is 11.3 Å². The summed E-state index contributed by atoms with van der Waals surface area (Å²) in [6.07, 6.45) is 4.19. The molecule has 0 saturated carbocycles. The van der Waals surface area contributed by atoms with Crippen LogP contribution < -0.4 is 10.0 Å². The Morgan fingerprint density at radius 1 is 1.65 bits per heavy atom. The highest BCUT2D eigenvalue weighted by molar-refractivity contribution is 7.90. The highest BCUT2D eigenvalue weighted by atomic mass is 32.2. The predicted octanol–water partition coefficient (Wildman–Crippen LogP) is -0.447. The van der Waals surface area contributed by atoms with Crippen LogP contribution in [0.1, 0.15) is 13.3 Å². The first-order valence-electron chi connectivity index (χ1n) is 5.77. The first kappa shape index (κ1) is 12.5. The molecule has 2 rings (SSSR count). The maximum atomic E-state index is 12.0. The average Bonchev–Trinajstić information content (AvgIpc) is 2.87. The number of hydrogen-bond donors (Lipinski definition) is 2. The van der Waals surface area contributed by atoms with Gasteiger partial charge in [0.1, 0.15) is 0 Å². The van der Waals surface area contributed by atoms with E-state index in [0.29, 0.717) is 19.5 Å². The highest BCUT2D eigenvalue weighted by Crippen LogP contribution is 2.09. The lowest BCUT2D eigenvalue weighted by Crippen LogP contribution is -2.42. The second kappa shape index (κ2) is 5.16. The Kier molecular flexibility index (Phi) is 3.80. The van der Waals surface area contributed by atoms with Crippen molar-refractivity contribution >= 4 is 10.0 Å². The topological polar surface area (TPSA) is 76.0 Å². The zero-order chi connectivity index (χ0) is 12.3. The minimum Gasteiger partial charge on any atom is -0.315 e. The quantitative estimate of drug-likeness (QED) is 0.750. The van der Waals surface area contributed by atoms with Crippen LogP contribution in [0.5, 0.6) is 0 Å². The van der Waals surface area contributed by atoms with Crippen molar-refractivity contribution in [3.05, 3.63) is 18.5 Å². The molecule has 2 atom stereocenters. The monoisotopic (exact) mass is 258 g/mol. The van der Waals surface area contributed by atoms with Crippen LogP contribution in [0.25, 0.3) is 0 Å². The van der Waals surface area contributed by atoms with Crippen molar-refractivity contribution in [1.29, 1.82) is 0 Å². The van der Waals surface area contributed by atoms with Gasteiger partial charge < -0.3 is 5.32 Å². The Bertz CT molecular complexity index is 437. The van der Waals surface area contributed by atoms with E-state index >= 15 is 0 Å². The van der Waals surface area contributed by atoms with Gasteiger partial charge >= 0.3 is 0 Å². The molecule has 1 aromatic rings. The van der Waals surface area contributed by atoms with Gasteiger partial charge in [0, 0.05) is 25.0 Å². The molecule has 0 bridgehead atoms. The maximum Gasteiger partial charge on any atom is 0.216 e. The minimum absolute atomic E-state index is 0.152. The third-order valence-electron chi connectivity index (χ3n) is 2.84. The van der Waals surface area contributed by atoms with Gasteiger partial charge in [0.25, 0.3) is 0 Å². The van der Waals surface area contributed by atoms with Crippen LogP contribution in [0.3, 0.4) is 0 Å². The average molecular weight is 258 g/mol. The van der Waals surface area contributed by atoms with Crippen molar-refractivity contribution in [2.75, 3.05) is 13.1 Å². The number of rotatable bonds is 5. The summed E-state index contributed by atoms with van der Waals surface area (Å²) in [4.78, 5) is 0. The summed E-state index contributed by atoms with van der Waals surface area (Å²) in [7, 11) is -3.22. The molecule has 1 aliphatic heterocycles. The lowest BCUT2D eigenvalue weighted by molar-refractivity contribution is 0.489. The molecule has 0 radical (unpaired) electrons. The zero-order valence-electron chi connectivity index (χ0n) is 9.83. The summed E-state index contributed by atoms with van der Waals surface area (Å²) in [5.41, 5.74) is 0. The summed E-state index contributed by atoms with van der Waals surface area (Å²) in [5.74, 6) is 0. The molecule has 2 unspecified atom stereocenters. The smallest absolute Gasteiger partial charge is 0.216 e. The van der Waals surface area contributed by atoms with Crippen molar-refractivity contribution in [3.63, 3.8) is 0 Å². The van der Waals surface area contributed by atoms with Gasteiger partial charge in [0.05, 0.1) is 11.8 Å². The lowest BCUT2D eigenvalue weighted by Gasteiger charge is -2.17. The molecule has 0 spiro atoms. The SMILES string of the molecule is CC(Cn1cccn1)NS(=O)(=O)C1CCNC1. The van der Waals surface area contributed by atoms with Gasteiger partial charge in [-0.15, -0.1) is 0 Å². The van der Waals surface area contributed by atoms with Crippen molar-refractivity contribution in [2.45, 2.75) is 31.2 Å². The van der Waals surface area contributed by atoms with E-state index in [1.54, 1.807) is 10.9 Å². The van der Waals surface area contributed by atoms with Crippen molar-refractivity contribution in [2.24, 2.45) is 0 Å². The third kappa shape index (κ3) is 3.27. The van der Waals surface area contributed by atoms with E-state index in [2.05, 4.69) is 15.1 Å². The number of nitrogens with one attached hydrogen (secondary N) is 2. The van der Waals surface area contributed by atoms with E-state index in [0.717, 1.165) is 6.54 Å². The third-order valence-corrected chi connectivity index (χ3v) is 4.85. The fraction of sp³-hybridized carbons (Fsp3) is 0.700. The molecule has 17 heavy (non-hydrogen) atoms. The standard InChI is InChI=1S/C10H18N4O2S/c1-9(8-14-6-2-4-12-14)13-17(15,16)10-3-5-11-7-10/h2,4,6,9-11,13H,3,5,7-8H2,1H3. The van der Waals surface area contributed by atoms with Gasteiger partial charge in [-0.25, -0.2) is 13.1 Å². The summed E-state index contributed by atoms with van der Waals surface area (Å²) in [6, 6.07) is 1.67. The number of aromatic nitrogens is 2. The van der Waals surface area contributed by atoms with Crippen LogP contribution >= 0.6 is 0 Å². The van der Waals surface area contributed by atoms with Crippen molar-refractivity contribution in [1.82, 2.24) is 19.8 Å². The molecule has 0 aliphatic carbocycles. The Morgan fingerprint density at radius 2 is 2.47 bits per heavy atom. The summed E-state index contributed by atoms with van der Waals surface area (Å²) >= 11 is 0. The number of hydrogen-bond acceptors (Lipinski definition) is 4. The van der Waals surface area contributed by atoms with Crippen LogP contribution in [0.4, 0.5) is 0 Å². The van der Waals surface area contributed by atoms with Gasteiger partial charge in [0.2, 0.25) is 10.0 Å². The fourth-order valence-electron chi connectivity index (χ4n) is 2.00. The molecule has 0 amide bonds. The molecule has 2 N–H and O–H groups in total. The lowest BCUT2D eigenvalue weighted by atomic mass is 10.4. The van der Waals surface area contributed by atoms with Crippen LogP contribution in [0, 0.1) is 0 Å². The molecule has 1 fully saturated rings. The first-order valence-corrected chi connectivity index (χ1v) is 7.32. The predicted molar refractivity (Wildman–Crippen MR) is 65.0 cm³/mol. The van der Waals surface area contributed by atoms with Crippen molar-refractivity contribution < 1.29 is 8.42 Å². The van der Waals surface area contributed by atoms with E-state index in [9.17, 15) is 8.42 Å². The van der Waals surface area contributed by atoms with E-state index in [1.807, 2.05) is 19.2 Å². The Hall–Kier alpha value is -0.920. The van der Waals surface area contributed by atoms with Gasteiger partial charge in [0.15, 0.2) is 0 Å². The van der Waals surface area contributed by atoms with Gasteiger partial charge in [-0.3, -0.25) is 4.68 Å². The minimum atomic E-state index is -3.22. The molecule has 1 aromatic heterocycles. The second-order valence-corrected chi connectivity index (χ2v) is 6.40. The van der Waals surface area contributed by atoms with Crippen LogP contribution in [-0.4, -0.2) is 42.6 Å². The Balaban J connectivity index is 1.91. The van der Waals surface area contributed by atoms with Crippen molar-refractivity contribution in [3.8, 4) is 0 Å². The molecule has 1 aliphatic rings. The molecule has 2 heterocycles. The fourth-order valence-corrected chi connectivity index (χ4v) is 3.59. The van der Waals surface area contributed by atoms with Crippen LogP contribution in [-0.2, 0) is 16.6 Å². The summed E-state index contributed by atoms with van der Waals surface area (Å²) in [5, 5.41) is 6.81. The molecule has 7 heteroatoms. The number of nitrogens with zero attached hydrogens (tertiary/aromatic N) is 2. The summed E-state index contributed by atoms with van der Waals surface area (Å²) in [6.45, 7) is 3.72. The highest BCUT2D eigenvalue weighted by Gasteiger charge is 2.29. The molecule has 6 nitrogen and oxygen atoms in total. The zero-order valence-corrected chi connectivity index (χ0v) is 10.7. The first-order chi connectivity index (χ1) is 8.08. The van der Waals surface area contributed by atoms with Gasteiger partial charge in [-0.05, 0) is 26.0 Å². The summed E-state index contributed by atoms with van der Waals surface area (Å²) < 4.78 is 28.4. The Labute approximate surface area is 101 Å². The van der Waals surface area contributed by atoms with Gasteiger partial charge in [-0.2, -0.15) is 5.10 Å². The number of sulfonamides is 1. The molecular weight excluding hydrogens is 240 g/mol. The van der Waals surface area contributed by atoms with E-state index in [1.165, 1.54) is 0 Å². The van der Waals surface area contributed by atoms with E-state index in [4.69, 9.17) is 0 Å².